The molecule has 0 radical (unpaired) electrons. The first-order chi connectivity index (χ1) is 13.4. The molecule has 8 heteroatoms. The second kappa shape index (κ2) is 8.88. The quantitative estimate of drug-likeness (QED) is 0.538. The van der Waals surface area contributed by atoms with E-state index < -0.39 is 23.8 Å². The lowest BCUT2D eigenvalue weighted by Crippen LogP contribution is -2.35. The number of nitrogens with one attached hydrogen (secondary N) is 1. The van der Waals surface area contributed by atoms with Crippen LogP contribution in [0.25, 0.3) is 6.08 Å². The maximum absolute atomic E-state index is 13.7. The number of ether oxygens (including phenoxy) is 3. The van der Waals surface area contributed by atoms with E-state index in [1.165, 1.54) is 25.1 Å². The minimum atomic E-state index is -1.00. The molecule has 0 saturated carbocycles. The molecule has 0 spiro atoms. The fourth-order valence-corrected chi connectivity index (χ4v) is 2.83. The summed E-state index contributed by atoms with van der Waals surface area (Å²) in [4.78, 5) is 24.0. The highest BCUT2D eigenvalue weighted by molar-refractivity contribution is 9.10. The van der Waals surface area contributed by atoms with E-state index in [9.17, 15) is 14.0 Å². The summed E-state index contributed by atoms with van der Waals surface area (Å²) < 4.78 is 29.9. The van der Waals surface area contributed by atoms with Crippen LogP contribution >= 0.6 is 15.9 Å². The molecule has 0 aliphatic carbocycles. The van der Waals surface area contributed by atoms with Gasteiger partial charge in [-0.25, -0.2) is 9.18 Å². The minimum absolute atomic E-state index is 0.176. The number of carbonyl (C=O) groups is 2. The number of fused-ring (bicyclic) bond motifs is 1. The van der Waals surface area contributed by atoms with Crippen LogP contribution in [-0.2, 0) is 20.9 Å². The Morgan fingerprint density at radius 1 is 1.25 bits per heavy atom. The standard InChI is InChI=1S/C20H17BrFNO5/c1-12(28-19(24)7-3-14-9-15(21)4-5-16(14)22)20(25)23-10-13-2-6-17-18(8-13)27-11-26-17/h2-9,12H,10-11H2,1H3,(H,23,25)/b7-3+. The monoisotopic (exact) mass is 449 g/mol. The molecule has 0 aromatic heterocycles. The van der Waals surface area contributed by atoms with E-state index in [2.05, 4.69) is 21.2 Å². The number of esters is 1. The van der Waals surface area contributed by atoms with E-state index in [4.69, 9.17) is 14.2 Å². The molecular formula is C20H17BrFNO5. The SMILES string of the molecule is CC(OC(=O)/C=C/c1cc(Br)ccc1F)C(=O)NCc1ccc2c(c1)OCO2. The van der Waals surface area contributed by atoms with Gasteiger partial charge in [-0.15, -0.1) is 0 Å². The summed E-state index contributed by atoms with van der Waals surface area (Å²) in [5.74, 6) is -0.387. The Bertz CT molecular complexity index is 931. The molecule has 0 saturated heterocycles. The van der Waals surface area contributed by atoms with Crippen molar-refractivity contribution >= 4 is 33.9 Å². The predicted octanol–water partition coefficient (Wildman–Crippen LogP) is 3.58. The Morgan fingerprint density at radius 2 is 2.04 bits per heavy atom. The van der Waals surface area contributed by atoms with Gasteiger partial charge < -0.3 is 19.5 Å². The number of carbonyl (C=O) groups excluding carboxylic acids is 2. The van der Waals surface area contributed by atoms with Crippen molar-refractivity contribution in [2.45, 2.75) is 19.6 Å². The lowest BCUT2D eigenvalue weighted by Gasteiger charge is -2.12. The number of benzene rings is 2. The van der Waals surface area contributed by atoms with Crippen molar-refractivity contribution in [3.63, 3.8) is 0 Å². The van der Waals surface area contributed by atoms with E-state index in [1.807, 2.05) is 0 Å². The van der Waals surface area contributed by atoms with Gasteiger partial charge in [-0.2, -0.15) is 0 Å². The molecule has 2 aromatic rings. The molecule has 1 N–H and O–H groups in total. The van der Waals surface area contributed by atoms with E-state index in [0.717, 1.165) is 11.6 Å². The number of rotatable bonds is 6. The summed E-state index contributed by atoms with van der Waals surface area (Å²) >= 11 is 3.23. The van der Waals surface area contributed by atoms with Crippen LogP contribution in [0.1, 0.15) is 18.1 Å². The van der Waals surface area contributed by atoms with Crippen molar-refractivity contribution in [3.8, 4) is 11.5 Å². The third-order valence-corrected chi connectivity index (χ3v) is 4.42. The van der Waals surface area contributed by atoms with Gasteiger partial charge in [-0.3, -0.25) is 4.79 Å². The molecule has 1 amide bonds. The Hall–Kier alpha value is -2.87. The Kier molecular flexibility index (Phi) is 6.30. The molecule has 6 nitrogen and oxygen atoms in total. The number of halogens is 2. The largest absolute Gasteiger partial charge is 0.454 e. The van der Waals surface area contributed by atoms with Gasteiger partial charge >= 0.3 is 5.97 Å². The number of hydrogen-bond donors (Lipinski definition) is 1. The highest BCUT2D eigenvalue weighted by Gasteiger charge is 2.17. The summed E-state index contributed by atoms with van der Waals surface area (Å²) in [5.41, 5.74) is 1.05. The predicted molar refractivity (Wildman–Crippen MR) is 103 cm³/mol. The molecule has 1 aliphatic rings. The summed E-state index contributed by atoms with van der Waals surface area (Å²) in [6, 6.07) is 9.70. The van der Waals surface area contributed by atoms with Crippen LogP contribution < -0.4 is 14.8 Å². The maximum atomic E-state index is 13.7. The second-order valence-electron chi connectivity index (χ2n) is 5.98. The summed E-state index contributed by atoms with van der Waals surface area (Å²) in [6.45, 7) is 1.88. The van der Waals surface area contributed by atoms with Crippen molar-refractivity contribution in [1.82, 2.24) is 5.32 Å². The normalized spacial score (nSPS) is 13.4. The Balaban J connectivity index is 1.50. The second-order valence-corrected chi connectivity index (χ2v) is 6.90. The Labute approximate surface area is 169 Å². The first-order valence-corrected chi connectivity index (χ1v) is 9.21. The molecule has 0 fully saturated rings. The van der Waals surface area contributed by atoms with Gasteiger partial charge in [0.2, 0.25) is 6.79 Å². The highest BCUT2D eigenvalue weighted by Crippen LogP contribution is 2.32. The van der Waals surface area contributed by atoms with Crippen LogP contribution in [0.4, 0.5) is 4.39 Å². The third-order valence-electron chi connectivity index (χ3n) is 3.92. The average molecular weight is 450 g/mol. The maximum Gasteiger partial charge on any atom is 0.331 e. The van der Waals surface area contributed by atoms with Crippen molar-refractivity contribution in [2.75, 3.05) is 6.79 Å². The van der Waals surface area contributed by atoms with Gasteiger partial charge in [0, 0.05) is 22.7 Å². The molecule has 146 valence electrons. The highest BCUT2D eigenvalue weighted by atomic mass is 79.9. The van der Waals surface area contributed by atoms with Gasteiger partial charge in [0.25, 0.3) is 5.91 Å². The molecule has 1 heterocycles. The van der Waals surface area contributed by atoms with E-state index >= 15 is 0 Å². The molecule has 2 aromatic carbocycles. The van der Waals surface area contributed by atoms with Gasteiger partial charge in [-0.1, -0.05) is 22.0 Å². The molecule has 1 aliphatic heterocycles. The molecular weight excluding hydrogens is 433 g/mol. The van der Waals surface area contributed by atoms with Crippen LogP contribution in [-0.4, -0.2) is 24.8 Å². The molecule has 28 heavy (non-hydrogen) atoms. The molecule has 3 rings (SSSR count). The number of hydrogen-bond acceptors (Lipinski definition) is 5. The zero-order valence-electron chi connectivity index (χ0n) is 14.9. The van der Waals surface area contributed by atoms with Gasteiger partial charge in [0.15, 0.2) is 17.6 Å². The van der Waals surface area contributed by atoms with Crippen LogP contribution in [0, 0.1) is 5.82 Å². The first kappa shape index (κ1) is 19.9. The zero-order chi connectivity index (χ0) is 20.1. The van der Waals surface area contributed by atoms with Gasteiger partial charge in [0.05, 0.1) is 0 Å². The molecule has 1 unspecified atom stereocenters. The lowest BCUT2D eigenvalue weighted by molar-refractivity contribution is -0.150. The van der Waals surface area contributed by atoms with Gasteiger partial charge in [-0.05, 0) is 48.9 Å². The average Bonchev–Trinajstić information content (AvgIpc) is 3.14. The lowest BCUT2D eigenvalue weighted by atomic mass is 10.2. The van der Waals surface area contributed by atoms with Crippen molar-refractivity contribution in [3.05, 3.63) is 63.9 Å². The summed E-state index contributed by atoms with van der Waals surface area (Å²) in [7, 11) is 0. The Morgan fingerprint density at radius 3 is 2.86 bits per heavy atom. The summed E-state index contributed by atoms with van der Waals surface area (Å²) in [5, 5.41) is 2.68. The fraction of sp³-hybridized carbons (Fsp3) is 0.200. The first-order valence-electron chi connectivity index (χ1n) is 8.42. The minimum Gasteiger partial charge on any atom is -0.454 e. The van der Waals surface area contributed by atoms with Crippen molar-refractivity contribution < 1.29 is 28.2 Å². The smallest absolute Gasteiger partial charge is 0.331 e. The van der Waals surface area contributed by atoms with Crippen molar-refractivity contribution in [1.29, 1.82) is 0 Å². The van der Waals surface area contributed by atoms with Crippen molar-refractivity contribution in [2.24, 2.45) is 0 Å². The third kappa shape index (κ3) is 5.10. The van der Waals surface area contributed by atoms with Gasteiger partial charge in [0.1, 0.15) is 5.82 Å². The number of amides is 1. The van der Waals surface area contributed by atoms with Crippen LogP contribution in [0.5, 0.6) is 11.5 Å². The summed E-state index contributed by atoms with van der Waals surface area (Å²) in [6.07, 6.45) is 1.37. The van der Waals surface area contributed by atoms with Crippen LogP contribution in [0.3, 0.4) is 0 Å². The van der Waals surface area contributed by atoms with E-state index in [1.54, 1.807) is 24.3 Å². The zero-order valence-corrected chi connectivity index (χ0v) is 16.5. The van der Waals surface area contributed by atoms with E-state index in [-0.39, 0.29) is 18.9 Å². The molecule has 1 atom stereocenters. The van der Waals surface area contributed by atoms with Crippen LogP contribution in [0.2, 0.25) is 0 Å². The molecule has 0 bridgehead atoms. The van der Waals surface area contributed by atoms with Crippen LogP contribution in [0.15, 0.2) is 46.9 Å². The fourth-order valence-electron chi connectivity index (χ4n) is 2.45. The van der Waals surface area contributed by atoms with E-state index in [0.29, 0.717) is 16.0 Å². The topological polar surface area (TPSA) is 73.9 Å².